The van der Waals surface area contributed by atoms with E-state index in [0.717, 1.165) is 29.9 Å². The van der Waals surface area contributed by atoms with Gasteiger partial charge in [0.25, 0.3) is 0 Å². The molecule has 0 aliphatic heterocycles. The fourth-order valence-electron chi connectivity index (χ4n) is 2.25. The molecule has 0 aliphatic rings. The number of nitrogen functional groups attached to an aromatic ring is 1. The van der Waals surface area contributed by atoms with Gasteiger partial charge in [-0.3, -0.25) is 4.68 Å². The molecule has 0 aliphatic carbocycles. The van der Waals surface area contributed by atoms with Gasteiger partial charge in [0, 0.05) is 24.4 Å². The molecular weight excluding hydrogens is 262 g/mol. The minimum absolute atomic E-state index is 0.461. The molecule has 0 amide bonds. The summed E-state index contributed by atoms with van der Waals surface area (Å²) in [6, 6.07) is 13.6. The molecule has 5 nitrogen and oxygen atoms in total. The Morgan fingerprint density at radius 1 is 1.10 bits per heavy atom. The summed E-state index contributed by atoms with van der Waals surface area (Å²) >= 11 is 0. The van der Waals surface area contributed by atoms with Crippen LogP contribution in [-0.4, -0.2) is 19.7 Å². The first-order valence-electron chi connectivity index (χ1n) is 7.00. The largest absolute Gasteiger partial charge is 0.384 e. The zero-order valence-electron chi connectivity index (χ0n) is 11.9. The maximum atomic E-state index is 5.95. The van der Waals surface area contributed by atoms with E-state index in [4.69, 9.17) is 5.73 Å². The van der Waals surface area contributed by atoms with Gasteiger partial charge in [-0.1, -0.05) is 37.3 Å². The van der Waals surface area contributed by atoms with Gasteiger partial charge in [0.15, 0.2) is 5.82 Å². The van der Waals surface area contributed by atoms with Crippen molar-refractivity contribution in [2.24, 2.45) is 0 Å². The number of nitrogens with zero attached hydrogens (tertiary/aromatic N) is 4. The van der Waals surface area contributed by atoms with E-state index in [1.165, 1.54) is 0 Å². The van der Waals surface area contributed by atoms with E-state index in [0.29, 0.717) is 11.6 Å². The van der Waals surface area contributed by atoms with Crippen LogP contribution in [-0.2, 0) is 6.54 Å². The molecule has 2 N–H and O–H groups in total. The second kappa shape index (κ2) is 5.75. The summed E-state index contributed by atoms with van der Waals surface area (Å²) < 4.78 is 1.94. The highest BCUT2D eigenvalue weighted by atomic mass is 15.3. The maximum absolute atomic E-state index is 5.95. The number of hydrogen-bond donors (Lipinski definition) is 1. The third-order valence-electron chi connectivity index (χ3n) is 3.19. The molecule has 3 aromatic rings. The Bertz CT molecular complexity index is 733. The Kier molecular flexibility index (Phi) is 3.64. The fourth-order valence-corrected chi connectivity index (χ4v) is 2.25. The SMILES string of the molecule is CCCn1nccc1-c1cc(N)nc(-c2ccccc2)n1. The Morgan fingerprint density at radius 3 is 2.67 bits per heavy atom. The van der Waals surface area contributed by atoms with Gasteiger partial charge < -0.3 is 5.73 Å². The van der Waals surface area contributed by atoms with Crippen molar-refractivity contribution in [2.45, 2.75) is 19.9 Å². The van der Waals surface area contributed by atoms with E-state index in [2.05, 4.69) is 22.0 Å². The first kappa shape index (κ1) is 13.3. The molecule has 0 atom stereocenters. The number of hydrogen-bond acceptors (Lipinski definition) is 4. The monoisotopic (exact) mass is 279 g/mol. The zero-order chi connectivity index (χ0) is 14.7. The molecule has 0 radical (unpaired) electrons. The number of aryl methyl sites for hydroxylation is 1. The van der Waals surface area contributed by atoms with Crippen LogP contribution in [0, 0.1) is 0 Å². The highest BCUT2D eigenvalue weighted by Crippen LogP contribution is 2.23. The predicted molar refractivity (Wildman–Crippen MR) is 83.4 cm³/mol. The second-order valence-corrected chi connectivity index (χ2v) is 4.81. The third kappa shape index (κ3) is 2.76. The van der Waals surface area contributed by atoms with Crippen LogP contribution in [0.2, 0.25) is 0 Å². The Hall–Kier alpha value is -2.69. The van der Waals surface area contributed by atoms with Gasteiger partial charge in [-0.25, -0.2) is 9.97 Å². The molecule has 21 heavy (non-hydrogen) atoms. The van der Waals surface area contributed by atoms with Crippen LogP contribution in [0.3, 0.4) is 0 Å². The van der Waals surface area contributed by atoms with Gasteiger partial charge in [-0.05, 0) is 12.5 Å². The molecule has 0 spiro atoms. The van der Waals surface area contributed by atoms with Crippen LogP contribution in [0.1, 0.15) is 13.3 Å². The van der Waals surface area contributed by atoms with Crippen LogP contribution in [0.5, 0.6) is 0 Å². The summed E-state index contributed by atoms with van der Waals surface area (Å²) in [5.41, 5.74) is 8.66. The lowest BCUT2D eigenvalue weighted by molar-refractivity contribution is 0.608. The number of aromatic nitrogens is 4. The third-order valence-corrected chi connectivity index (χ3v) is 3.19. The normalized spacial score (nSPS) is 10.7. The predicted octanol–water partition coefficient (Wildman–Crippen LogP) is 3.00. The molecule has 5 heteroatoms. The van der Waals surface area contributed by atoms with Gasteiger partial charge in [-0.2, -0.15) is 5.10 Å². The Balaban J connectivity index is 2.08. The molecule has 0 bridgehead atoms. The topological polar surface area (TPSA) is 69.6 Å². The van der Waals surface area contributed by atoms with Crippen molar-refractivity contribution in [3.8, 4) is 22.8 Å². The summed E-state index contributed by atoms with van der Waals surface area (Å²) in [6.45, 7) is 2.97. The molecule has 2 aromatic heterocycles. The lowest BCUT2D eigenvalue weighted by Gasteiger charge is -2.08. The smallest absolute Gasteiger partial charge is 0.162 e. The summed E-state index contributed by atoms with van der Waals surface area (Å²) in [4.78, 5) is 8.96. The van der Waals surface area contributed by atoms with Gasteiger partial charge in [0.05, 0.1) is 11.4 Å². The average Bonchev–Trinajstić information content (AvgIpc) is 2.96. The second-order valence-electron chi connectivity index (χ2n) is 4.81. The first-order chi connectivity index (χ1) is 10.3. The Labute approximate surface area is 123 Å². The summed E-state index contributed by atoms with van der Waals surface area (Å²) in [6.07, 6.45) is 2.80. The minimum Gasteiger partial charge on any atom is -0.384 e. The Morgan fingerprint density at radius 2 is 1.90 bits per heavy atom. The average molecular weight is 279 g/mol. The van der Waals surface area contributed by atoms with Crippen molar-refractivity contribution in [1.82, 2.24) is 19.7 Å². The standard InChI is InChI=1S/C16H17N5/c1-2-10-21-14(8-9-18-21)13-11-15(17)20-16(19-13)12-6-4-3-5-7-12/h3-9,11H,2,10H2,1H3,(H2,17,19,20). The highest BCUT2D eigenvalue weighted by Gasteiger charge is 2.10. The van der Waals surface area contributed by atoms with Crippen molar-refractivity contribution in [1.29, 1.82) is 0 Å². The van der Waals surface area contributed by atoms with E-state index in [1.807, 2.05) is 41.1 Å². The molecule has 106 valence electrons. The van der Waals surface area contributed by atoms with E-state index < -0.39 is 0 Å². The summed E-state index contributed by atoms with van der Waals surface area (Å²) in [5, 5.41) is 4.33. The maximum Gasteiger partial charge on any atom is 0.162 e. The van der Waals surface area contributed by atoms with Crippen molar-refractivity contribution < 1.29 is 0 Å². The van der Waals surface area contributed by atoms with Gasteiger partial charge in [0.2, 0.25) is 0 Å². The van der Waals surface area contributed by atoms with Crippen LogP contribution in [0.4, 0.5) is 5.82 Å². The minimum atomic E-state index is 0.461. The van der Waals surface area contributed by atoms with Gasteiger partial charge in [-0.15, -0.1) is 0 Å². The quantitative estimate of drug-likeness (QED) is 0.797. The number of nitrogens with two attached hydrogens (primary N) is 1. The van der Waals surface area contributed by atoms with Gasteiger partial charge >= 0.3 is 0 Å². The lowest BCUT2D eigenvalue weighted by atomic mass is 10.2. The molecule has 3 rings (SSSR count). The lowest BCUT2D eigenvalue weighted by Crippen LogP contribution is -2.04. The van der Waals surface area contributed by atoms with Crippen molar-refractivity contribution in [3.63, 3.8) is 0 Å². The summed E-state index contributed by atoms with van der Waals surface area (Å²) in [5.74, 6) is 1.10. The van der Waals surface area contributed by atoms with E-state index in [1.54, 1.807) is 12.3 Å². The molecule has 1 aromatic carbocycles. The van der Waals surface area contributed by atoms with Crippen molar-refractivity contribution >= 4 is 5.82 Å². The summed E-state index contributed by atoms with van der Waals surface area (Å²) in [7, 11) is 0. The number of anilines is 1. The first-order valence-corrected chi connectivity index (χ1v) is 7.00. The van der Waals surface area contributed by atoms with Crippen LogP contribution in [0.25, 0.3) is 22.8 Å². The van der Waals surface area contributed by atoms with Crippen LogP contribution < -0.4 is 5.73 Å². The molecule has 0 saturated carbocycles. The molecule has 0 fully saturated rings. The van der Waals surface area contributed by atoms with Crippen molar-refractivity contribution in [3.05, 3.63) is 48.7 Å². The van der Waals surface area contributed by atoms with E-state index in [-0.39, 0.29) is 0 Å². The van der Waals surface area contributed by atoms with Crippen LogP contribution >= 0.6 is 0 Å². The fraction of sp³-hybridized carbons (Fsp3) is 0.188. The van der Waals surface area contributed by atoms with Gasteiger partial charge in [0.1, 0.15) is 5.82 Å². The number of rotatable bonds is 4. The highest BCUT2D eigenvalue weighted by molar-refractivity contribution is 5.64. The van der Waals surface area contributed by atoms with Crippen molar-refractivity contribution in [2.75, 3.05) is 5.73 Å². The van der Waals surface area contributed by atoms with E-state index >= 15 is 0 Å². The molecule has 2 heterocycles. The van der Waals surface area contributed by atoms with Crippen LogP contribution in [0.15, 0.2) is 48.7 Å². The molecular formula is C16H17N5. The van der Waals surface area contributed by atoms with E-state index in [9.17, 15) is 0 Å². The molecule has 0 saturated heterocycles. The molecule has 0 unspecified atom stereocenters. The number of benzene rings is 1. The zero-order valence-corrected chi connectivity index (χ0v) is 11.9.